The van der Waals surface area contributed by atoms with Crippen LogP contribution in [0.15, 0.2) is 36.5 Å². The molecule has 0 aliphatic heterocycles. The van der Waals surface area contributed by atoms with E-state index in [1.54, 1.807) is 6.08 Å². The molecule has 8 atom stereocenters. The normalized spacial score (nSPS) is 23.3. The van der Waals surface area contributed by atoms with Gasteiger partial charge < -0.3 is 46.0 Å². The van der Waals surface area contributed by atoms with Gasteiger partial charge in [0.1, 0.15) is 36.6 Å². The number of aliphatic hydroxyl groups excluding tert-OH is 7. The van der Waals surface area contributed by atoms with Crippen LogP contribution < -0.4 is 5.32 Å². The van der Waals surface area contributed by atoms with E-state index in [9.17, 15) is 50.0 Å². The minimum absolute atomic E-state index is 0.258. The summed E-state index contributed by atoms with van der Waals surface area (Å²) in [5.41, 5.74) is 0. The Morgan fingerprint density at radius 3 is 1.44 bits per heavy atom. The van der Waals surface area contributed by atoms with Crippen molar-refractivity contribution < 1.29 is 59.0 Å². The van der Waals surface area contributed by atoms with Crippen molar-refractivity contribution >= 4 is 13.7 Å². The number of aliphatic hydroxyl groups is 7. The quantitative estimate of drug-likeness (QED) is 0.0160. The lowest BCUT2D eigenvalue weighted by atomic mass is 9.85. The molecule has 1 amide bonds. The molecule has 8 unspecified atom stereocenters. The number of unbranched alkanes of at least 4 members (excludes halogenated alkanes) is 23. The highest BCUT2D eigenvalue weighted by Gasteiger charge is 2.51. The van der Waals surface area contributed by atoms with Gasteiger partial charge in [-0.2, -0.15) is 0 Å². The topological polar surface area (TPSA) is 226 Å². The van der Waals surface area contributed by atoms with Crippen LogP contribution in [0.25, 0.3) is 0 Å². The number of carbonyl (C=O) groups excluding carboxylic acids is 1. The summed E-state index contributed by atoms with van der Waals surface area (Å²) in [6, 6.07) is -1.26. The number of amides is 1. The zero-order chi connectivity index (χ0) is 45.9. The molecule has 62 heavy (non-hydrogen) atoms. The van der Waals surface area contributed by atoms with E-state index in [0.29, 0.717) is 12.8 Å². The van der Waals surface area contributed by atoms with Gasteiger partial charge in [0.2, 0.25) is 5.91 Å². The minimum atomic E-state index is -5.15. The maximum Gasteiger partial charge on any atom is 0.472 e. The van der Waals surface area contributed by atoms with Gasteiger partial charge in [0.15, 0.2) is 0 Å². The van der Waals surface area contributed by atoms with Gasteiger partial charge in [0.25, 0.3) is 0 Å². The molecule has 9 N–H and O–H groups in total. The van der Waals surface area contributed by atoms with Gasteiger partial charge >= 0.3 is 7.82 Å². The first kappa shape index (κ1) is 58.5. The second kappa shape index (κ2) is 37.7. The summed E-state index contributed by atoms with van der Waals surface area (Å²) in [7, 11) is -5.15. The first-order valence-electron chi connectivity index (χ1n) is 24.5. The molecule has 0 aromatic carbocycles. The van der Waals surface area contributed by atoms with Crippen molar-refractivity contribution in [2.45, 2.75) is 255 Å². The van der Waals surface area contributed by atoms with E-state index in [0.717, 1.165) is 64.2 Å². The number of carbonyl (C=O) groups is 1. The lowest BCUT2D eigenvalue weighted by molar-refractivity contribution is -0.220. The van der Waals surface area contributed by atoms with E-state index in [2.05, 4.69) is 43.5 Å². The molecule has 1 aliphatic carbocycles. The van der Waals surface area contributed by atoms with Crippen LogP contribution in [0, 0.1) is 0 Å². The van der Waals surface area contributed by atoms with Crippen molar-refractivity contribution in [3.63, 3.8) is 0 Å². The molecule has 0 radical (unpaired) electrons. The second-order valence-electron chi connectivity index (χ2n) is 17.5. The molecular weight excluding hydrogens is 813 g/mol. The molecule has 13 nitrogen and oxygen atoms in total. The third-order valence-electron chi connectivity index (χ3n) is 11.7. The molecule has 0 bridgehead atoms. The molecule has 1 fully saturated rings. The van der Waals surface area contributed by atoms with Gasteiger partial charge in [-0.25, -0.2) is 4.57 Å². The van der Waals surface area contributed by atoms with E-state index in [-0.39, 0.29) is 6.42 Å². The Hall–Kier alpha value is -1.48. The van der Waals surface area contributed by atoms with Crippen LogP contribution in [0.1, 0.15) is 200 Å². The fourth-order valence-corrected chi connectivity index (χ4v) is 8.63. The summed E-state index contributed by atoms with van der Waals surface area (Å²) in [6.07, 6.45) is 29.5. The zero-order valence-electron chi connectivity index (χ0n) is 38.5. The van der Waals surface area contributed by atoms with Crippen LogP contribution in [0.5, 0.6) is 0 Å². The number of hydrogen-bond acceptors (Lipinski definition) is 11. The standard InChI is InChI=1S/C48H90NO12P/c1-3-5-7-9-11-13-15-17-18-19-20-21-22-24-26-28-30-32-34-36-41(51)40(38-60-62(58,59)61-48-46(56)44(54)43(53)45(55)47(48)57)49-42(52)37-39(50)35-33-31-29-27-25-23-16-14-12-10-8-6-4-2/h14,16,26,28,34,36,39-41,43-48,50-51,53-57H,3-13,15,17-25,27,29-33,35,37-38H2,1-2H3,(H,49,52)(H,58,59)/b16-14-,28-26+,36-34+. The first-order valence-corrected chi connectivity index (χ1v) is 26.0. The Morgan fingerprint density at radius 2 is 0.952 bits per heavy atom. The number of nitrogens with one attached hydrogen (secondary N) is 1. The summed E-state index contributed by atoms with van der Waals surface area (Å²) >= 11 is 0. The predicted octanol–water partition coefficient (Wildman–Crippen LogP) is 8.53. The molecule has 364 valence electrons. The SMILES string of the molecule is CCCCCC/C=C\CCCCCCCC(O)CC(=O)NC(COP(=O)(O)OC1C(O)C(O)C(O)C(O)C1O)C(O)/C=C/CC/C=C/CCCCCCCCCCCCCCC. The van der Waals surface area contributed by atoms with Gasteiger partial charge in [-0.15, -0.1) is 0 Å². The Morgan fingerprint density at radius 1 is 0.565 bits per heavy atom. The molecule has 1 aliphatic rings. The van der Waals surface area contributed by atoms with Crippen LogP contribution in [0.3, 0.4) is 0 Å². The average Bonchev–Trinajstić information content (AvgIpc) is 3.24. The van der Waals surface area contributed by atoms with Gasteiger partial charge in [0.05, 0.1) is 31.3 Å². The van der Waals surface area contributed by atoms with Gasteiger partial charge in [-0.3, -0.25) is 13.8 Å². The molecule has 0 aromatic heterocycles. The lowest BCUT2D eigenvalue weighted by Gasteiger charge is -2.41. The number of rotatable bonds is 40. The monoisotopic (exact) mass is 904 g/mol. The first-order chi connectivity index (χ1) is 29.8. The number of phosphoric acid groups is 1. The van der Waals surface area contributed by atoms with Crippen molar-refractivity contribution in [3.8, 4) is 0 Å². The molecule has 1 saturated carbocycles. The lowest BCUT2D eigenvalue weighted by Crippen LogP contribution is -2.64. The van der Waals surface area contributed by atoms with Crippen LogP contribution in [0.2, 0.25) is 0 Å². The summed E-state index contributed by atoms with van der Waals surface area (Å²) in [5, 5.41) is 74.5. The number of phosphoric ester groups is 1. The molecule has 0 saturated heterocycles. The Labute approximate surface area is 375 Å². The van der Waals surface area contributed by atoms with Crippen molar-refractivity contribution in [3.05, 3.63) is 36.5 Å². The summed E-state index contributed by atoms with van der Waals surface area (Å²) < 4.78 is 22.9. The summed E-state index contributed by atoms with van der Waals surface area (Å²) in [4.78, 5) is 23.4. The third kappa shape index (κ3) is 29.1. The van der Waals surface area contributed by atoms with Gasteiger partial charge in [-0.05, 0) is 57.8 Å². The van der Waals surface area contributed by atoms with Crippen LogP contribution in [-0.2, 0) is 18.4 Å². The fourth-order valence-electron chi connectivity index (χ4n) is 7.66. The van der Waals surface area contributed by atoms with Crippen molar-refractivity contribution in [1.82, 2.24) is 5.32 Å². The summed E-state index contributed by atoms with van der Waals surface area (Å²) in [5.74, 6) is -0.608. The molecule has 1 rings (SSSR count). The third-order valence-corrected chi connectivity index (χ3v) is 12.7. The Bertz CT molecular complexity index is 1200. The summed E-state index contributed by atoms with van der Waals surface area (Å²) in [6.45, 7) is 3.72. The molecule has 0 aromatic rings. The molecule has 0 spiro atoms. The molecule has 14 heteroatoms. The largest absolute Gasteiger partial charge is 0.472 e. The van der Waals surface area contributed by atoms with Crippen molar-refractivity contribution in [2.75, 3.05) is 6.61 Å². The highest BCUT2D eigenvalue weighted by molar-refractivity contribution is 7.47. The smallest absolute Gasteiger partial charge is 0.393 e. The van der Waals surface area contributed by atoms with Crippen LogP contribution in [0.4, 0.5) is 0 Å². The Balaban J connectivity index is 2.56. The maximum absolute atomic E-state index is 13.0. The van der Waals surface area contributed by atoms with E-state index in [1.165, 1.54) is 109 Å². The predicted molar refractivity (Wildman–Crippen MR) is 247 cm³/mol. The van der Waals surface area contributed by atoms with Crippen molar-refractivity contribution in [1.29, 1.82) is 0 Å². The van der Waals surface area contributed by atoms with Crippen LogP contribution in [-0.4, -0.2) is 108 Å². The minimum Gasteiger partial charge on any atom is -0.393 e. The maximum atomic E-state index is 13.0. The highest BCUT2D eigenvalue weighted by atomic mass is 31.2. The average molecular weight is 904 g/mol. The van der Waals surface area contributed by atoms with Gasteiger partial charge in [-0.1, -0.05) is 172 Å². The van der Waals surface area contributed by atoms with E-state index in [4.69, 9.17) is 9.05 Å². The van der Waals surface area contributed by atoms with E-state index >= 15 is 0 Å². The molecular formula is C48H90NO12P. The number of hydrogen-bond donors (Lipinski definition) is 9. The second-order valence-corrected chi connectivity index (χ2v) is 18.9. The highest BCUT2D eigenvalue weighted by Crippen LogP contribution is 2.47. The van der Waals surface area contributed by atoms with Crippen molar-refractivity contribution in [2.24, 2.45) is 0 Å². The molecule has 0 heterocycles. The Kier molecular flexibility index (Phi) is 35.6. The van der Waals surface area contributed by atoms with E-state index < -0.39 is 75.2 Å². The number of allylic oxidation sites excluding steroid dienone is 5. The zero-order valence-corrected chi connectivity index (χ0v) is 39.4. The fraction of sp³-hybridized carbons (Fsp3) is 0.854. The van der Waals surface area contributed by atoms with Gasteiger partial charge in [0, 0.05) is 0 Å². The van der Waals surface area contributed by atoms with E-state index in [1.807, 2.05) is 0 Å². The van der Waals surface area contributed by atoms with Crippen LogP contribution >= 0.6 is 7.82 Å².